The molecule has 0 saturated carbocycles. The largest absolute Gasteiger partial charge is 0.380 e. The molecule has 1 aromatic carbocycles. The topological polar surface area (TPSA) is 47.6 Å². The third-order valence-corrected chi connectivity index (χ3v) is 4.15. The Kier molecular flexibility index (Phi) is 5.59. The molecular formula is C18H27NO3. The molecule has 122 valence electrons. The maximum atomic E-state index is 12.4. The number of carbonyl (C=O) groups is 1. The molecule has 1 amide bonds. The van der Waals surface area contributed by atoms with Crippen molar-refractivity contribution < 1.29 is 14.3 Å². The maximum absolute atomic E-state index is 12.4. The highest BCUT2D eigenvalue weighted by molar-refractivity contribution is 5.95. The van der Waals surface area contributed by atoms with E-state index in [1.54, 1.807) is 7.11 Å². The van der Waals surface area contributed by atoms with Crippen LogP contribution in [0.3, 0.4) is 0 Å². The normalized spacial score (nSPS) is 21.8. The van der Waals surface area contributed by atoms with Crippen molar-refractivity contribution >= 4 is 5.91 Å². The van der Waals surface area contributed by atoms with Crippen molar-refractivity contribution in [2.24, 2.45) is 11.3 Å². The van der Waals surface area contributed by atoms with Gasteiger partial charge in [0.25, 0.3) is 5.91 Å². The smallest absolute Gasteiger partial charge is 0.251 e. The van der Waals surface area contributed by atoms with Crippen LogP contribution in [-0.4, -0.2) is 32.3 Å². The number of methoxy groups -OCH3 is 1. The standard InChI is InChI=1S/C18H27NO3/c1-18(2,3)16-13(9-10-22-16)11-19-17(20)15-8-6-5-7-14(15)12-21-4/h5-8,13,16H,9-12H2,1-4H3,(H,19,20)/t13-,16+/m1/s1. The Morgan fingerprint density at radius 1 is 1.36 bits per heavy atom. The Balaban J connectivity index is 1.98. The van der Waals surface area contributed by atoms with Crippen molar-refractivity contribution in [3.63, 3.8) is 0 Å². The van der Waals surface area contributed by atoms with Crippen LogP contribution in [-0.2, 0) is 16.1 Å². The minimum atomic E-state index is -0.0350. The quantitative estimate of drug-likeness (QED) is 0.909. The van der Waals surface area contributed by atoms with Gasteiger partial charge >= 0.3 is 0 Å². The van der Waals surface area contributed by atoms with Crippen LogP contribution in [0, 0.1) is 11.3 Å². The Bertz CT molecular complexity index is 507. The van der Waals surface area contributed by atoms with E-state index in [4.69, 9.17) is 9.47 Å². The first kappa shape index (κ1) is 17.0. The Morgan fingerprint density at radius 3 is 2.77 bits per heavy atom. The maximum Gasteiger partial charge on any atom is 0.251 e. The molecule has 0 unspecified atom stereocenters. The van der Waals surface area contributed by atoms with E-state index in [0.717, 1.165) is 18.6 Å². The molecule has 1 aliphatic rings. The molecule has 1 saturated heterocycles. The van der Waals surface area contributed by atoms with E-state index in [0.29, 0.717) is 24.6 Å². The summed E-state index contributed by atoms with van der Waals surface area (Å²) in [4.78, 5) is 12.4. The summed E-state index contributed by atoms with van der Waals surface area (Å²) in [6.07, 6.45) is 1.20. The molecular weight excluding hydrogens is 278 g/mol. The van der Waals surface area contributed by atoms with E-state index < -0.39 is 0 Å². The van der Waals surface area contributed by atoms with Gasteiger partial charge < -0.3 is 14.8 Å². The van der Waals surface area contributed by atoms with Crippen LogP contribution in [0.25, 0.3) is 0 Å². The van der Waals surface area contributed by atoms with Crippen LogP contribution in [0.2, 0.25) is 0 Å². The van der Waals surface area contributed by atoms with Gasteiger partial charge in [-0.3, -0.25) is 4.79 Å². The first-order valence-electron chi connectivity index (χ1n) is 7.90. The lowest BCUT2D eigenvalue weighted by Gasteiger charge is -2.31. The Morgan fingerprint density at radius 2 is 2.09 bits per heavy atom. The highest BCUT2D eigenvalue weighted by Gasteiger charge is 2.37. The summed E-state index contributed by atoms with van der Waals surface area (Å²) in [7, 11) is 1.64. The number of carbonyl (C=O) groups excluding carboxylic acids is 1. The molecule has 0 radical (unpaired) electrons. The van der Waals surface area contributed by atoms with Crippen molar-refractivity contribution in [3.05, 3.63) is 35.4 Å². The van der Waals surface area contributed by atoms with Crippen molar-refractivity contribution in [1.29, 1.82) is 0 Å². The van der Waals surface area contributed by atoms with E-state index in [1.807, 2.05) is 24.3 Å². The summed E-state index contributed by atoms with van der Waals surface area (Å²) in [5.74, 6) is 0.339. The van der Waals surface area contributed by atoms with E-state index >= 15 is 0 Å². The van der Waals surface area contributed by atoms with Crippen LogP contribution in [0.15, 0.2) is 24.3 Å². The van der Waals surface area contributed by atoms with E-state index in [2.05, 4.69) is 26.1 Å². The van der Waals surface area contributed by atoms with Crippen LogP contribution in [0.4, 0.5) is 0 Å². The molecule has 1 N–H and O–H groups in total. The molecule has 4 nitrogen and oxygen atoms in total. The molecule has 2 atom stereocenters. The molecule has 0 bridgehead atoms. The number of amides is 1. The highest BCUT2D eigenvalue weighted by atomic mass is 16.5. The summed E-state index contributed by atoms with van der Waals surface area (Å²) in [6.45, 7) is 8.44. The second-order valence-electron chi connectivity index (χ2n) is 7.01. The zero-order valence-electron chi connectivity index (χ0n) is 14.0. The van der Waals surface area contributed by atoms with E-state index in [-0.39, 0.29) is 17.4 Å². The third kappa shape index (κ3) is 4.08. The summed E-state index contributed by atoms with van der Waals surface area (Å²) in [6, 6.07) is 7.57. The van der Waals surface area contributed by atoms with Crippen molar-refractivity contribution in [2.45, 2.75) is 39.9 Å². The fourth-order valence-corrected chi connectivity index (χ4v) is 3.14. The van der Waals surface area contributed by atoms with Gasteiger partial charge in [-0.05, 0) is 23.5 Å². The van der Waals surface area contributed by atoms with Crippen molar-refractivity contribution in [3.8, 4) is 0 Å². The second kappa shape index (κ2) is 7.25. The zero-order chi connectivity index (χ0) is 16.2. The van der Waals surface area contributed by atoms with Gasteiger partial charge in [-0.2, -0.15) is 0 Å². The number of ether oxygens (including phenoxy) is 2. The molecule has 2 rings (SSSR count). The van der Waals surface area contributed by atoms with Crippen molar-refractivity contribution in [1.82, 2.24) is 5.32 Å². The minimum Gasteiger partial charge on any atom is -0.380 e. The fourth-order valence-electron chi connectivity index (χ4n) is 3.14. The molecule has 1 fully saturated rings. The van der Waals surface area contributed by atoms with Crippen LogP contribution in [0.1, 0.15) is 43.1 Å². The lowest BCUT2D eigenvalue weighted by molar-refractivity contribution is 0.00736. The van der Waals surface area contributed by atoms with Crippen molar-refractivity contribution in [2.75, 3.05) is 20.3 Å². The third-order valence-electron chi connectivity index (χ3n) is 4.15. The van der Waals surface area contributed by atoms with Gasteiger partial charge in [-0.15, -0.1) is 0 Å². The van der Waals surface area contributed by atoms with Gasteiger partial charge in [-0.1, -0.05) is 39.0 Å². The number of nitrogens with one attached hydrogen (secondary N) is 1. The van der Waals surface area contributed by atoms with E-state index in [9.17, 15) is 4.79 Å². The average Bonchev–Trinajstić information content (AvgIpc) is 2.94. The predicted molar refractivity (Wildman–Crippen MR) is 86.8 cm³/mol. The van der Waals surface area contributed by atoms with E-state index in [1.165, 1.54) is 0 Å². The molecule has 0 aliphatic carbocycles. The highest BCUT2D eigenvalue weighted by Crippen LogP contribution is 2.34. The molecule has 4 heteroatoms. The fraction of sp³-hybridized carbons (Fsp3) is 0.611. The van der Waals surface area contributed by atoms with Gasteiger partial charge in [0.2, 0.25) is 0 Å². The van der Waals surface area contributed by atoms with Gasteiger partial charge in [0, 0.05) is 31.7 Å². The minimum absolute atomic E-state index is 0.0350. The zero-order valence-corrected chi connectivity index (χ0v) is 14.0. The number of hydrogen-bond acceptors (Lipinski definition) is 3. The predicted octanol–water partition coefficient (Wildman–Crippen LogP) is 3.01. The first-order valence-corrected chi connectivity index (χ1v) is 7.90. The summed E-state index contributed by atoms with van der Waals surface area (Å²) in [5, 5.41) is 3.07. The average molecular weight is 305 g/mol. The molecule has 1 heterocycles. The lowest BCUT2D eigenvalue weighted by atomic mass is 9.81. The van der Waals surface area contributed by atoms with Gasteiger partial charge in [-0.25, -0.2) is 0 Å². The van der Waals surface area contributed by atoms with Crippen LogP contribution < -0.4 is 5.32 Å². The molecule has 1 aliphatic heterocycles. The first-order chi connectivity index (χ1) is 10.4. The number of benzene rings is 1. The number of hydrogen-bond donors (Lipinski definition) is 1. The molecule has 0 spiro atoms. The Hall–Kier alpha value is -1.39. The van der Waals surface area contributed by atoms with Gasteiger partial charge in [0.15, 0.2) is 0 Å². The van der Waals surface area contributed by atoms with Crippen LogP contribution >= 0.6 is 0 Å². The second-order valence-corrected chi connectivity index (χ2v) is 7.01. The monoisotopic (exact) mass is 305 g/mol. The lowest BCUT2D eigenvalue weighted by Crippen LogP contribution is -2.38. The Labute approximate surface area is 133 Å². The van der Waals surface area contributed by atoms with Crippen LogP contribution in [0.5, 0.6) is 0 Å². The number of rotatable bonds is 5. The van der Waals surface area contributed by atoms with Gasteiger partial charge in [0.05, 0.1) is 12.7 Å². The SMILES string of the molecule is COCc1ccccc1C(=O)NC[C@H]1CCO[C@@H]1C(C)(C)C. The summed E-state index contributed by atoms with van der Waals surface area (Å²) >= 11 is 0. The molecule has 22 heavy (non-hydrogen) atoms. The van der Waals surface area contributed by atoms with Gasteiger partial charge in [0.1, 0.15) is 0 Å². The summed E-state index contributed by atoms with van der Waals surface area (Å²) < 4.78 is 11.0. The molecule has 1 aromatic rings. The summed E-state index contributed by atoms with van der Waals surface area (Å²) in [5.41, 5.74) is 1.70. The molecule has 0 aromatic heterocycles.